The van der Waals surface area contributed by atoms with Gasteiger partial charge in [0.05, 0.1) is 0 Å². The summed E-state index contributed by atoms with van der Waals surface area (Å²) in [7, 11) is -5.51. The second-order valence-corrected chi connectivity index (χ2v) is 8.79. The van der Waals surface area contributed by atoms with Gasteiger partial charge in [-0.3, -0.25) is 4.72 Å². The van der Waals surface area contributed by atoms with E-state index in [1.165, 1.54) is 29.2 Å². The lowest BCUT2D eigenvalue weighted by atomic mass is 10.1. The van der Waals surface area contributed by atoms with Gasteiger partial charge in [0.25, 0.3) is 0 Å². The predicted octanol–water partition coefficient (Wildman–Crippen LogP) is 5.99. The van der Waals surface area contributed by atoms with Gasteiger partial charge >= 0.3 is 15.5 Å². The molecule has 0 aliphatic carbocycles. The molecule has 1 aromatic heterocycles. The number of benzene rings is 3. The number of fused-ring (bicyclic) bond motifs is 1. The highest BCUT2D eigenvalue weighted by Gasteiger charge is 2.46. The van der Waals surface area contributed by atoms with E-state index in [-0.39, 0.29) is 12.3 Å². The van der Waals surface area contributed by atoms with Crippen molar-refractivity contribution in [2.75, 3.05) is 4.72 Å². The van der Waals surface area contributed by atoms with Crippen molar-refractivity contribution in [2.45, 2.75) is 12.1 Å². The van der Waals surface area contributed by atoms with Crippen molar-refractivity contribution in [3.63, 3.8) is 0 Å². The molecule has 0 saturated heterocycles. The Balaban J connectivity index is 1.51. The molecule has 3 aromatic carbocycles. The van der Waals surface area contributed by atoms with Gasteiger partial charge < -0.3 is 9.15 Å². The molecule has 4 rings (SSSR count). The Morgan fingerprint density at radius 1 is 1.06 bits per heavy atom. The predicted molar refractivity (Wildman–Crippen MR) is 114 cm³/mol. The first kappa shape index (κ1) is 22.0. The Morgan fingerprint density at radius 3 is 2.53 bits per heavy atom. The van der Waals surface area contributed by atoms with Crippen molar-refractivity contribution in [3.05, 3.63) is 77.6 Å². The quantitative estimate of drug-likeness (QED) is 0.365. The molecule has 0 spiro atoms. The van der Waals surface area contributed by atoms with E-state index in [0.717, 1.165) is 5.56 Å². The molecular weight excluding hydrogens is 469 g/mol. The van der Waals surface area contributed by atoms with Crippen LogP contribution in [0.4, 0.5) is 18.9 Å². The number of halogens is 4. The number of aromatic nitrogens is 1. The van der Waals surface area contributed by atoms with E-state index in [4.69, 9.17) is 20.8 Å². The minimum atomic E-state index is -5.51. The molecule has 0 aliphatic heterocycles. The highest BCUT2D eigenvalue weighted by molar-refractivity contribution is 7.93. The molecule has 0 saturated carbocycles. The van der Waals surface area contributed by atoms with E-state index in [0.29, 0.717) is 33.1 Å². The number of alkyl halides is 3. The lowest BCUT2D eigenvalue weighted by Crippen LogP contribution is -2.29. The van der Waals surface area contributed by atoms with Crippen LogP contribution in [-0.4, -0.2) is 18.9 Å². The second kappa shape index (κ2) is 8.36. The monoisotopic (exact) mass is 482 g/mol. The van der Waals surface area contributed by atoms with Crippen molar-refractivity contribution >= 4 is 38.1 Å². The molecular formula is C21H14ClF3N2O4S. The Hall–Kier alpha value is -3.24. The maximum atomic E-state index is 12.6. The van der Waals surface area contributed by atoms with Crippen LogP contribution in [-0.2, 0) is 16.6 Å². The number of nitrogens with one attached hydrogen (secondary N) is 1. The minimum absolute atomic E-state index is 0.0820. The third kappa shape index (κ3) is 4.66. The van der Waals surface area contributed by atoms with Gasteiger partial charge in [0, 0.05) is 21.7 Å². The number of oxazole rings is 1. The highest BCUT2D eigenvalue weighted by Crippen LogP contribution is 2.31. The van der Waals surface area contributed by atoms with Gasteiger partial charge in [-0.2, -0.15) is 21.6 Å². The van der Waals surface area contributed by atoms with Crippen molar-refractivity contribution in [1.29, 1.82) is 0 Å². The molecule has 1 heterocycles. The van der Waals surface area contributed by atoms with Crippen molar-refractivity contribution in [3.8, 4) is 17.2 Å². The van der Waals surface area contributed by atoms with E-state index in [1.54, 1.807) is 42.5 Å². The number of nitrogens with zero attached hydrogens (tertiary/aromatic N) is 1. The largest absolute Gasteiger partial charge is 0.516 e. The Bertz CT molecular complexity index is 1370. The Morgan fingerprint density at radius 2 is 1.81 bits per heavy atom. The number of sulfonamides is 1. The maximum Gasteiger partial charge on any atom is 0.516 e. The molecule has 32 heavy (non-hydrogen) atoms. The van der Waals surface area contributed by atoms with Crippen LogP contribution in [0.3, 0.4) is 0 Å². The first-order valence-corrected chi connectivity index (χ1v) is 10.9. The third-order valence-electron chi connectivity index (χ3n) is 4.42. The zero-order valence-corrected chi connectivity index (χ0v) is 17.6. The third-order valence-corrected chi connectivity index (χ3v) is 5.78. The summed E-state index contributed by atoms with van der Waals surface area (Å²) < 4.78 is 73.2. The van der Waals surface area contributed by atoms with Gasteiger partial charge in [-0.1, -0.05) is 23.7 Å². The molecule has 0 atom stereocenters. The summed E-state index contributed by atoms with van der Waals surface area (Å²) in [6.07, 6.45) is 1.46. The fourth-order valence-electron chi connectivity index (χ4n) is 2.91. The van der Waals surface area contributed by atoms with Gasteiger partial charge in [-0.25, -0.2) is 4.98 Å². The van der Waals surface area contributed by atoms with Crippen LogP contribution < -0.4 is 9.46 Å². The van der Waals surface area contributed by atoms with Gasteiger partial charge in [-0.05, 0) is 53.9 Å². The fraction of sp³-hybridized carbons (Fsp3) is 0.0952. The summed E-state index contributed by atoms with van der Waals surface area (Å²) in [6.45, 7) is 0.0820. The van der Waals surface area contributed by atoms with Gasteiger partial charge in [0.2, 0.25) is 5.89 Å². The van der Waals surface area contributed by atoms with E-state index < -0.39 is 15.5 Å². The molecule has 0 aliphatic rings. The van der Waals surface area contributed by atoms with Crippen LogP contribution in [0.15, 0.2) is 71.3 Å². The summed E-state index contributed by atoms with van der Waals surface area (Å²) >= 11 is 5.88. The molecule has 0 fully saturated rings. The SMILES string of the molecule is O=S(=O)(Nc1ccc2c(OCc3coc(-c4ccc(Cl)cc4)n3)cccc2c1)C(F)(F)F. The molecule has 11 heteroatoms. The van der Waals surface area contributed by atoms with Crippen molar-refractivity contribution in [2.24, 2.45) is 0 Å². The average molecular weight is 483 g/mol. The number of ether oxygens (including phenoxy) is 1. The summed E-state index contributed by atoms with van der Waals surface area (Å²) in [5.41, 5.74) is -4.34. The van der Waals surface area contributed by atoms with Gasteiger partial charge in [0.15, 0.2) is 0 Å². The molecule has 0 bridgehead atoms. The van der Waals surface area contributed by atoms with E-state index in [9.17, 15) is 21.6 Å². The van der Waals surface area contributed by atoms with Crippen LogP contribution >= 0.6 is 11.6 Å². The minimum Gasteiger partial charge on any atom is -0.487 e. The van der Waals surface area contributed by atoms with Gasteiger partial charge in [0.1, 0.15) is 24.3 Å². The number of rotatable bonds is 6. The van der Waals surface area contributed by atoms with E-state index in [1.807, 2.05) is 0 Å². The van der Waals surface area contributed by atoms with Gasteiger partial charge in [-0.15, -0.1) is 0 Å². The van der Waals surface area contributed by atoms with Crippen LogP contribution in [0.25, 0.3) is 22.2 Å². The molecule has 166 valence electrons. The molecule has 6 nitrogen and oxygen atoms in total. The normalized spacial score (nSPS) is 12.1. The molecule has 0 amide bonds. The molecule has 4 aromatic rings. The second-order valence-electron chi connectivity index (χ2n) is 6.68. The summed E-state index contributed by atoms with van der Waals surface area (Å²) in [5.74, 6) is 0.851. The zero-order chi connectivity index (χ0) is 22.9. The van der Waals surface area contributed by atoms with Crippen molar-refractivity contribution < 1.29 is 30.7 Å². The smallest absolute Gasteiger partial charge is 0.487 e. The topological polar surface area (TPSA) is 81.4 Å². The number of hydrogen-bond acceptors (Lipinski definition) is 5. The van der Waals surface area contributed by atoms with Crippen LogP contribution in [0.5, 0.6) is 5.75 Å². The number of hydrogen-bond donors (Lipinski definition) is 1. The summed E-state index contributed by atoms with van der Waals surface area (Å²) in [4.78, 5) is 4.36. The van der Waals surface area contributed by atoms with Crippen LogP contribution in [0.2, 0.25) is 5.02 Å². The Kier molecular flexibility index (Phi) is 5.74. The zero-order valence-electron chi connectivity index (χ0n) is 16.1. The molecule has 0 unspecified atom stereocenters. The van der Waals surface area contributed by atoms with Crippen molar-refractivity contribution in [1.82, 2.24) is 4.98 Å². The maximum absolute atomic E-state index is 12.6. The summed E-state index contributed by atoms with van der Waals surface area (Å²) in [6, 6.07) is 15.9. The standard InChI is InChI=1S/C21H14ClF3N2O4S/c22-15-6-4-13(5-7-15)20-26-17(12-31-20)11-30-19-3-1-2-14-10-16(8-9-18(14)19)27-32(28,29)21(23,24)25/h1-10,12,27H,11H2. The lowest BCUT2D eigenvalue weighted by Gasteiger charge is -2.12. The average Bonchev–Trinajstić information content (AvgIpc) is 3.20. The molecule has 0 radical (unpaired) electrons. The number of anilines is 1. The Labute approximate surface area is 185 Å². The molecule has 1 N–H and O–H groups in total. The fourth-order valence-corrected chi connectivity index (χ4v) is 3.59. The van der Waals surface area contributed by atoms with E-state index >= 15 is 0 Å². The first-order chi connectivity index (χ1) is 15.1. The summed E-state index contributed by atoms with van der Waals surface area (Å²) in [5, 5.41) is 1.67. The van der Waals surface area contributed by atoms with Crippen LogP contribution in [0, 0.1) is 0 Å². The lowest BCUT2D eigenvalue weighted by molar-refractivity contribution is -0.0429. The van der Waals surface area contributed by atoms with E-state index in [2.05, 4.69) is 4.98 Å². The first-order valence-electron chi connectivity index (χ1n) is 9.07. The highest BCUT2D eigenvalue weighted by atomic mass is 35.5. The van der Waals surface area contributed by atoms with Crippen LogP contribution in [0.1, 0.15) is 5.69 Å².